The van der Waals surface area contributed by atoms with Crippen molar-refractivity contribution in [1.29, 1.82) is 0 Å². The highest BCUT2D eigenvalue weighted by Gasteiger charge is 2.19. The van der Waals surface area contributed by atoms with Crippen LogP contribution in [0.4, 0.5) is 11.4 Å². The van der Waals surface area contributed by atoms with Crippen LogP contribution >= 0.6 is 0 Å². The molecule has 0 radical (unpaired) electrons. The van der Waals surface area contributed by atoms with Crippen LogP contribution in [0.1, 0.15) is 24.8 Å². The minimum Gasteiger partial charge on any atom is -0.376 e. The quantitative estimate of drug-likeness (QED) is 0.638. The van der Waals surface area contributed by atoms with Gasteiger partial charge in [0.05, 0.1) is 4.92 Å². The molecule has 1 aromatic carbocycles. The maximum atomic E-state index is 11.0. The van der Waals surface area contributed by atoms with Crippen LogP contribution in [0, 0.1) is 17.0 Å². The molecule has 2 rings (SSSR count). The van der Waals surface area contributed by atoms with Gasteiger partial charge in [0.15, 0.2) is 0 Å². The Morgan fingerprint density at radius 1 is 1.39 bits per heavy atom. The second kappa shape index (κ2) is 5.82. The minimum absolute atomic E-state index is 0.173. The fourth-order valence-corrected chi connectivity index (χ4v) is 2.36. The number of para-hydroxylation sites is 1. The SMILES string of the molecule is Cc1cccc([N+](=O)[O-])c1NC1CCCNCC1. The van der Waals surface area contributed by atoms with E-state index < -0.39 is 0 Å². The van der Waals surface area contributed by atoms with Gasteiger partial charge in [-0.05, 0) is 44.8 Å². The van der Waals surface area contributed by atoms with Crippen molar-refractivity contribution in [2.24, 2.45) is 0 Å². The lowest BCUT2D eigenvalue weighted by Crippen LogP contribution is -2.22. The van der Waals surface area contributed by atoms with E-state index in [2.05, 4.69) is 10.6 Å². The van der Waals surface area contributed by atoms with Crippen LogP contribution < -0.4 is 10.6 Å². The molecule has 98 valence electrons. The van der Waals surface area contributed by atoms with E-state index >= 15 is 0 Å². The number of benzene rings is 1. The molecule has 1 aliphatic rings. The largest absolute Gasteiger partial charge is 0.376 e. The first-order valence-electron chi connectivity index (χ1n) is 6.40. The van der Waals surface area contributed by atoms with Crippen molar-refractivity contribution in [2.45, 2.75) is 32.2 Å². The predicted molar refractivity (Wildman–Crippen MR) is 72.0 cm³/mol. The first kappa shape index (κ1) is 12.8. The topological polar surface area (TPSA) is 67.2 Å². The van der Waals surface area contributed by atoms with Crippen LogP contribution in [0.3, 0.4) is 0 Å². The minimum atomic E-state index is -0.315. The average molecular weight is 249 g/mol. The molecule has 1 aliphatic heterocycles. The van der Waals surface area contributed by atoms with Crippen LogP contribution in [-0.4, -0.2) is 24.1 Å². The zero-order valence-corrected chi connectivity index (χ0v) is 10.6. The van der Waals surface area contributed by atoms with Gasteiger partial charge in [0.1, 0.15) is 5.69 Å². The van der Waals surface area contributed by atoms with Gasteiger partial charge in [-0.3, -0.25) is 10.1 Å². The normalized spacial score (nSPS) is 20.2. The molecule has 1 unspecified atom stereocenters. The van der Waals surface area contributed by atoms with Crippen molar-refractivity contribution < 1.29 is 4.92 Å². The van der Waals surface area contributed by atoms with Crippen LogP contribution in [0.15, 0.2) is 18.2 Å². The molecule has 1 aromatic rings. The first-order valence-corrected chi connectivity index (χ1v) is 6.40. The summed E-state index contributed by atoms with van der Waals surface area (Å²) in [4.78, 5) is 10.7. The summed E-state index contributed by atoms with van der Waals surface area (Å²) in [7, 11) is 0. The van der Waals surface area contributed by atoms with Gasteiger partial charge in [-0.25, -0.2) is 0 Å². The van der Waals surface area contributed by atoms with E-state index in [4.69, 9.17) is 0 Å². The smallest absolute Gasteiger partial charge is 0.292 e. The van der Waals surface area contributed by atoms with E-state index in [1.807, 2.05) is 13.0 Å². The van der Waals surface area contributed by atoms with Gasteiger partial charge in [0.2, 0.25) is 0 Å². The lowest BCUT2D eigenvalue weighted by molar-refractivity contribution is -0.384. The Labute approximate surface area is 107 Å². The molecule has 5 heteroatoms. The summed E-state index contributed by atoms with van der Waals surface area (Å²) in [6.45, 7) is 3.91. The maximum Gasteiger partial charge on any atom is 0.292 e. The third-order valence-corrected chi connectivity index (χ3v) is 3.37. The van der Waals surface area contributed by atoms with Crippen molar-refractivity contribution in [1.82, 2.24) is 5.32 Å². The van der Waals surface area contributed by atoms with Gasteiger partial charge in [0, 0.05) is 12.1 Å². The molecule has 0 aliphatic carbocycles. The molecule has 0 saturated carbocycles. The molecule has 1 heterocycles. The Morgan fingerprint density at radius 2 is 2.22 bits per heavy atom. The third-order valence-electron chi connectivity index (χ3n) is 3.37. The summed E-state index contributed by atoms with van der Waals surface area (Å²) in [6, 6.07) is 5.52. The average Bonchev–Trinajstić information content (AvgIpc) is 2.60. The summed E-state index contributed by atoms with van der Waals surface area (Å²) in [5.74, 6) is 0. The van der Waals surface area contributed by atoms with E-state index in [1.165, 1.54) is 0 Å². The highest BCUT2D eigenvalue weighted by Crippen LogP contribution is 2.29. The third kappa shape index (κ3) is 2.98. The van der Waals surface area contributed by atoms with Crippen molar-refractivity contribution in [3.63, 3.8) is 0 Å². The summed E-state index contributed by atoms with van der Waals surface area (Å²) in [5.41, 5.74) is 1.78. The van der Waals surface area contributed by atoms with Gasteiger partial charge in [-0.15, -0.1) is 0 Å². The number of rotatable bonds is 3. The number of nitrogens with one attached hydrogen (secondary N) is 2. The van der Waals surface area contributed by atoms with Crippen molar-refractivity contribution >= 4 is 11.4 Å². The van der Waals surface area contributed by atoms with Gasteiger partial charge in [-0.2, -0.15) is 0 Å². The van der Waals surface area contributed by atoms with Crippen molar-refractivity contribution in [2.75, 3.05) is 18.4 Å². The molecular formula is C13H19N3O2. The van der Waals surface area contributed by atoms with E-state index in [0.29, 0.717) is 11.7 Å². The molecule has 1 saturated heterocycles. The molecule has 5 nitrogen and oxygen atoms in total. The molecule has 0 spiro atoms. The number of hydrogen-bond acceptors (Lipinski definition) is 4. The van der Waals surface area contributed by atoms with Gasteiger partial charge >= 0.3 is 0 Å². The lowest BCUT2D eigenvalue weighted by Gasteiger charge is -2.18. The van der Waals surface area contributed by atoms with Crippen molar-refractivity contribution in [3.05, 3.63) is 33.9 Å². The summed E-state index contributed by atoms with van der Waals surface area (Å²) >= 11 is 0. The highest BCUT2D eigenvalue weighted by atomic mass is 16.6. The van der Waals surface area contributed by atoms with E-state index in [9.17, 15) is 10.1 Å². The second-order valence-corrected chi connectivity index (χ2v) is 4.75. The Bertz CT molecular complexity index is 426. The Hall–Kier alpha value is -1.62. The molecule has 18 heavy (non-hydrogen) atoms. The fraction of sp³-hybridized carbons (Fsp3) is 0.538. The molecule has 1 atom stereocenters. The summed E-state index contributed by atoms with van der Waals surface area (Å²) in [5, 5.41) is 17.7. The van der Waals surface area contributed by atoms with Crippen LogP contribution in [0.5, 0.6) is 0 Å². The Balaban J connectivity index is 2.19. The fourth-order valence-electron chi connectivity index (χ4n) is 2.36. The van der Waals surface area contributed by atoms with E-state index in [1.54, 1.807) is 12.1 Å². The number of nitro groups is 1. The van der Waals surface area contributed by atoms with Gasteiger partial charge < -0.3 is 10.6 Å². The van der Waals surface area contributed by atoms with E-state index in [-0.39, 0.29) is 10.6 Å². The predicted octanol–water partition coefficient (Wildman–Crippen LogP) is 2.46. The standard InChI is InChI=1S/C13H19N3O2/c1-10-4-2-6-12(16(17)18)13(10)15-11-5-3-8-14-9-7-11/h2,4,6,11,14-15H,3,5,7-9H2,1H3. The van der Waals surface area contributed by atoms with Crippen LogP contribution in [0.2, 0.25) is 0 Å². The lowest BCUT2D eigenvalue weighted by atomic mass is 10.1. The number of aryl methyl sites for hydroxylation is 1. The molecule has 0 aromatic heterocycles. The molecule has 2 N–H and O–H groups in total. The van der Waals surface area contributed by atoms with Gasteiger partial charge in [0.25, 0.3) is 5.69 Å². The molecular weight excluding hydrogens is 230 g/mol. The molecule has 1 fully saturated rings. The second-order valence-electron chi connectivity index (χ2n) is 4.75. The highest BCUT2D eigenvalue weighted by molar-refractivity contribution is 5.66. The molecule has 0 amide bonds. The van der Waals surface area contributed by atoms with E-state index in [0.717, 1.165) is 37.9 Å². The summed E-state index contributed by atoms with van der Waals surface area (Å²) < 4.78 is 0. The number of hydrogen-bond donors (Lipinski definition) is 2. The molecule has 0 bridgehead atoms. The number of nitrogens with zero attached hydrogens (tertiary/aromatic N) is 1. The maximum absolute atomic E-state index is 11.0. The van der Waals surface area contributed by atoms with Crippen LogP contribution in [-0.2, 0) is 0 Å². The Morgan fingerprint density at radius 3 is 3.00 bits per heavy atom. The zero-order chi connectivity index (χ0) is 13.0. The summed E-state index contributed by atoms with van der Waals surface area (Å²) in [6.07, 6.45) is 3.17. The first-order chi connectivity index (χ1) is 8.68. The van der Waals surface area contributed by atoms with Gasteiger partial charge in [-0.1, -0.05) is 12.1 Å². The monoisotopic (exact) mass is 249 g/mol. The van der Waals surface area contributed by atoms with Crippen LogP contribution in [0.25, 0.3) is 0 Å². The Kier molecular flexibility index (Phi) is 4.15. The van der Waals surface area contributed by atoms with Crippen molar-refractivity contribution in [3.8, 4) is 0 Å². The zero-order valence-electron chi connectivity index (χ0n) is 10.6. The number of nitro benzene ring substituents is 1. The number of anilines is 1.